The summed E-state index contributed by atoms with van der Waals surface area (Å²) in [6.45, 7) is 6.41. The van der Waals surface area contributed by atoms with Gasteiger partial charge in [0, 0.05) is 41.0 Å². The van der Waals surface area contributed by atoms with Crippen molar-refractivity contribution in [1.82, 2.24) is 20.1 Å². The first kappa shape index (κ1) is 26.4. The Labute approximate surface area is 236 Å². The van der Waals surface area contributed by atoms with Crippen molar-refractivity contribution in [2.24, 2.45) is 4.99 Å². The van der Waals surface area contributed by atoms with Crippen LogP contribution in [0.3, 0.4) is 0 Å². The second-order valence-electron chi connectivity index (χ2n) is 10.1. The molecule has 2 aliphatic rings. The molecule has 0 unspecified atom stereocenters. The van der Waals surface area contributed by atoms with E-state index in [0.29, 0.717) is 40.5 Å². The Morgan fingerprint density at radius 2 is 1.93 bits per heavy atom. The average Bonchev–Trinajstić information content (AvgIpc) is 3.27. The number of benzene rings is 2. The Bertz CT molecular complexity index is 1700. The molecule has 2 aromatic heterocycles. The van der Waals surface area contributed by atoms with E-state index < -0.39 is 23.8 Å². The number of amides is 2. The van der Waals surface area contributed by atoms with Crippen molar-refractivity contribution in [2.75, 3.05) is 5.32 Å². The molecule has 4 heterocycles. The van der Waals surface area contributed by atoms with E-state index in [4.69, 9.17) is 9.84 Å². The summed E-state index contributed by atoms with van der Waals surface area (Å²) < 4.78 is 22.7. The molecule has 2 aromatic carbocycles. The molecule has 2 amide bonds. The van der Waals surface area contributed by atoms with Crippen LogP contribution < -0.4 is 15.4 Å². The average molecular weight is 553 g/mol. The Morgan fingerprint density at radius 1 is 1.12 bits per heavy atom. The second-order valence-corrected chi connectivity index (χ2v) is 10.1. The molecule has 9 nitrogen and oxygen atoms in total. The molecule has 0 spiro atoms. The van der Waals surface area contributed by atoms with Gasteiger partial charge in [-0.05, 0) is 38.5 Å². The summed E-state index contributed by atoms with van der Waals surface area (Å²) in [5.41, 5.74) is 4.43. The van der Waals surface area contributed by atoms with E-state index in [2.05, 4.69) is 20.6 Å². The number of nitrogens with zero attached hydrogens (tertiary/aromatic N) is 4. The number of aliphatic imine (C=N–C) groups is 1. The maximum atomic E-state index is 14.9. The fourth-order valence-electron chi connectivity index (χ4n) is 5.14. The molecule has 0 saturated heterocycles. The van der Waals surface area contributed by atoms with Crippen LogP contribution in [0.2, 0.25) is 0 Å². The number of pyridine rings is 1. The Balaban J connectivity index is 1.44. The number of hydrogen-bond donors (Lipinski definition) is 2. The van der Waals surface area contributed by atoms with Crippen LogP contribution >= 0.6 is 0 Å². The molecule has 4 aromatic rings. The first-order valence-electron chi connectivity index (χ1n) is 13.6. The lowest BCUT2D eigenvalue weighted by molar-refractivity contribution is -0.117. The maximum absolute atomic E-state index is 14.9. The highest BCUT2D eigenvalue weighted by Crippen LogP contribution is 2.35. The molecule has 41 heavy (non-hydrogen) atoms. The fraction of sp³-hybridized carbons (Fsp3) is 0.258. The maximum Gasteiger partial charge on any atom is 0.269 e. The van der Waals surface area contributed by atoms with Gasteiger partial charge in [0.2, 0.25) is 12.0 Å². The summed E-state index contributed by atoms with van der Waals surface area (Å²) in [5.74, 6) is -1.53. The van der Waals surface area contributed by atoms with Crippen molar-refractivity contribution in [3.63, 3.8) is 0 Å². The van der Waals surface area contributed by atoms with E-state index in [-0.39, 0.29) is 17.4 Å². The molecule has 208 valence electrons. The fourth-order valence-corrected chi connectivity index (χ4v) is 5.14. The summed E-state index contributed by atoms with van der Waals surface area (Å²) >= 11 is 0. The van der Waals surface area contributed by atoms with Crippen molar-refractivity contribution >= 4 is 23.2 Å². The van der Waals surface area contributed by atoms with Gasteiger partial charge in [-0.2, -0.15) is 5.10 Å². The third-order valence-corrected chi connectivity index (χ3v) is 7.29. The molecule has 2 N–H and O–H groups in total. The smallest absolute Gasteiger partial charge is 0.269 e. The van der Waals surface area contributed by atoms with Crippen molar-refractivity contribution < 1.29 is 18.7 Å². The number of aryl methyl sites for hydroxylation is 3. The summed E-state index contributed by atoms with van der Waals surface area (Å²) in [4.78, 5) is 36.7. The minimum Gasteiger partial charge on any atom is -0.474 e. The van der Waals surface area contributed by atoms with Gasteiger partial charge in [-0.3, -0.25) is 14.6 Å². The Morgan fingerprint density at radius 3 is 2.68 bits per heavy atom. The minimum atomic E-state index is -1.35. The van der Waals surface area contributed by atoms with Crippen molar-refractivity contribution in [3.8, 4) is 17.1 Å². The van der Waals surface area contributed by atoms with E-state index in [9.17, 15) is 14.0 Å². The number of hydrogen-bond acceptors (Lipinski definition) is 6. The Hall–Kier alpha value is -4.86. The largest absolute Gasteiger partial charge is 0.474 e. The van der Waals surface area contributed by atoms with Crippen LogP contribution in [0.25, 0.3) is 11.3 Å². The molecule has 2 atom stereocenters. The highest BCUT2D eigenvalue weighted by atomic mass is 19.1. The van der Waals surface area contributed by atoms with Gasteiger partial charge in [0.1, 0.15) is 17.1 Å². The number of carbonyl (C=O) groups is 2. The van der Waals surface area contributed by atoms with Gasteiger partial charge in [0.05, 0.1) is 17.5 Å². The standard InChI is InChI=1S/C31H29FN6O3/c1-4-20-13-14-21(18(3)33-20)27-24(31-38(37-27)16-15-17(2)41-31)29(39)36-28-30(40)35-26-22(11-8-12-23(26)32)25(34-28)19-9-6-5-7-10-19/h5-14,17,28H,4,15-16H2,1-3H3,(H,35,40)(H,36,39)/t17-,28-/m1/s1. The lowest BCUT2D eigenvalue weighted by Crippen LogP contribution is -2.42. The van der Waals surface area contributed by atoms with E-state index in [1.54, 1.807) is 16.8 Å². The van der Waals surface area contributed by atoms with Gasteiger partial charge < -0.3 is 15.4 Å². The molecule has 0 fully saturated rings. The summed E-state index contributed by atoms with van der Waals surface area (Å²) in [7, 11) is 0. The van der Waals surface area contributed by atoms with E-state index in [1.165, 1.54) is 6.07 Å². The third-order valence-electron chi connectivity index (χ3n) is 7.29. The number of ether oxygens (including phenoxy) is 1. The number of carbonyl (C=O) groups excluding carboxylic acids is 2. The van der Waals surface area contributed by atoms with Crippen LogP contribution in [-0.4, -0.2) is 44.6 Å². The predicted molar refractivity (Wildman–Crippen MR) is 153 cm³/mol. The van der Waals surface area contributed by atoms with Crippen LogP contribution in [0.15, 0.2) is 65.7 Å². The number of anilines is 1. The van der Waals surface area contributed by atoms with Crippen LogP contribution in [0.1, 0.15) is 53.1 Å². The van der Waals surface area contributed by atoms with Gasteiger partial charge >= 0.3 is 0 Å². The number of rotatable bonds is 5. The van der Waals surface area contributed by atoms with Crippen molar-refractivity contribution in [2.45, 2.75) is 52.4 Å². The molecule has 0 aliphatic carbocycles. The number of fused-ring (bicyclic) bond motifs is 2. The molecule has 0 saturated carbocycles. The topological polar surface area (TPSA) is 110 Å². The van der Waals surface area contributed by atoms with Gasteiger partial charge in [-0.1, -0.05) is 49.4 Å². The van der Waals surface area contributed by atoms with Gasteiger partial charge in [0.15, 0.2) is 0 Å². The zero-order valence-electron chi connectivity index (χ0n) is 22.9. The molecular weight excluding hydrogens is 523 g/mol. The van der Waals surface area contributed by atoms with E-state index in [1.807, 2.05) is 63.2 Å². The van der Waals surface area contributed by atoms with Crippen molar-refractivity contribution in [1.29, 1.82) is 0 Å². The lowest BCUT2D eigenvalue weighted by Gasteiger charge is -2.22. The predicted octanol–water partition coefficient (Wildman–Crippen LogP) is 4.67. The quantitative estimate of drug-likeness (QED) is 0.374. The Kier molecular flexibility index (Phi) is 6.82. The third kappa shape index (κ3) is 4.86. The van der Waals surface area contributed by atoms with E-state index >= 15 is 0 Å². The second kappa shape index (κ2) is 10.6. The summed E-state index contributed by atoms with van der Waals surface area (Å²) in [5, 5.41) is 10.1. The van der Waals surface area contributed by atoms with Gasteiger partial charge in [-0.15, -0.1) is 0 Å². The van der Waals surface area contributed by atoms with Crippen molar-refractivity contribution in [3.05, 3.63) is 94.6 Å². The van der Waals surface area contributed by atoms with Crippen LogP contribution in [0.4, 0.5) is 10.1 Å². The summed E-state index contributed by atoms with van der Waals surface area (Å²) in [6, 6.07) is 17.5. The number of para-hydroxylation sites is 1. The monoisotopic (exact) mass is 552 g/mol. The SMILES string of the molecule is CCc1ccc(-c2nn3c(c2C(=O)N[C@H]2N=C(c4ccccc4)c4cccc(F)c4NC2=O)O[C@H](C)CC3)c(C)n1. The molecule has 6 rings (SSSR count). The highest BCUT2D eigenvalue weighted by Gasteiger charge is 2.34. The first-order valence-corrected chi connectivity index (χ1v) is 13.6. The lowest BCUT2D eigenvalue weighted by atomic mass is 10.0. The van der Waals surface area contributed by atoms with Crippen LogP contribution in [-0.2, 0) is 17.8 Å². The zero-order valence-corrected chi connectivity index (χ0v) is 22.9. The summed E-state index contributed by atoms with van der Waals surface area (Å²) in [6.07, 6.45) is 0.0362. The van der Waals surface area contributed by atoms with Crippen LogP contribution in [0.5, 0.6) is 5.88 Å². The molecule has 2 aliphatic heterocycles. The van der Waals surface area contributed by atoms with E-state index in [0.717, 1.165) is 24.2 Å². The zero-order chi connectivity index (χ0) is 28.7. The number of benzodiazepines with no additional fused rings is 1. The number of aromatic nitrogens is 3. The minimum absolute atomic E-state index is 0.00956. The van der Waals surface area contributed by atoms with Crippen LogP contribution in [0, 0.1) is 12.7 Å². The molecular formula is C31H29FN6O3. The number of nitrogens with one attached hydrogen (secondary N) is 2. The van der Waals surface area contributed by atoms with Gasteiger partial charge in [0.25, 0.3) is 11.8 Å². The molecule has 0 radical (unpaired) electrons. The number of halogens is 1. The molecule has 10 heteroatoms. The normalized spacial score (nSPS) is 17.9. The molecule has 0 bridgehead atoms. The first-order chi connectivity index (χ1) is 19.8. The highest BCUT2D eigenvalue weighted by molar-refractivity contribution is 6.20. The van der Waals surface area contributed by atoms with Gasteiger partial charge in [-0.25, -0.2) is 14.1 Å².